The molecule has 0 radical (unpaired) electrons. The molecule has 3 heterocycles. The zero-order chi connectivity index (χ0) is 12.4. The van der Waals surface area contributed by atoms with Crippen LogP contribution in [0.3, 0.4) is 0 Å². The van der Waals surface area contributed by atoms with Crippen LogP contribution in [0.15, 0.2) is 30.6 Å². The maximum Gasteiger partial charge on any atom is 0.136 e. The number of rotatable bonds is 3. The Bertz CT molecular complexity index is 513. The van der Waals surface area contributed by atoms with E-state index < -0.39 is 0 Å². The average Bonchev–Trinajstić information content (AvgIpc) is 2.83. The number of nitrogens with zero attached hydrogens (tertiary/aromatic N) is 2. The van der Waals surface area contributed by atoms with Crippen molar-refractivity contribution < 1.29 is 0 Å². The van der Waals surface area contributed by atoms with Gasteiger partial charge in [-0.2, -0.15) is 0 Å². The molecule has 0 aliphatic carbocycles. The number of nitrogens with one attached hydrogen (secondary N) is 1. The standard InChI is InChI=1S/C14H20N4/c15-13(11-4-6-16-7-5-11)9-12-10-17-14-3-1-2-8-18(12)14/h1-3,8,10-11,13,16H,4-7,9,15H2. The van der Waals surface area contributed by atoms with Crippen molar-refractivity contribution in [1.82, 2.24) is 14.7 Å². The largest absolute Gasteiger partial charge is 0.327 e. The first-order chi connectivity index (χ1) is 8.84. The molecule has 18 heavy (non-hydrogen) atoms. The number of hydrogen-bond acceptors (Lipinski definition) is 3. The minimum absolute atomic E-state index is 0.243. The lowest BCUT2D eigenvalue weighted by molar-refractivity contribution is 0.315. The first kappa shape index (κ1) is 11.7. The molecule has 4 nitrogen and oxygen atoms in total. The summed E-state index contributed by atoms with van der Waals surface area (Å²) < 4.78 is 2.14. The van der Waals surface area contributed by atoms with E-state index >= 15 is 0 Å². The Labute approximate surface area is 107 Å². The quantitative estimate of drug-likeness (QED) is 0.853. The van der Waals surface area contributed by atoms with Crippen LogP contribution in [0.4, 0.5) is 0 Å². The second-order valence-electron chi connectivity index (χ2n) is 5.13. The third-order valence-corrected chi connectivity index (χ3v) is 3.93. The predicted molar refractivity (Wildman–Crippen MR) is 72.5 cm³/mol. The summed E-state index contributed by atoms with van der Waals surface area (Å²) >= 11 is 0. The lowest BCUT2D eigenvalue weighted by atomic mass is 9.88. The van der Waals surface area contributed by atoms with Crippen LogP contribution in [0, 0.1) is 5.92 Å². The highest BCUT2D eigenvalue weighted by molar-refractivity contribution is 5.39. The maximum absolute atomic E-state index is 6.36. The van der Waals surface area contributed by atoms with Crippen molar-refractivity contribution >= 4 is 5.65 Å². The molecule has 1 fully saturated rings. The van der Waals surface area contributed by atoms with Crippen molar-refractivity contribution in [1.29, 1.82) is 0 Å². The summed E-state index contributed by atoms with van der Waals surface area (Å²) in [5.41, 5.74) is 8.59. The third-order valence-electron chi connectivity index (χ3n) is 3.93. The smallest absolute Gasteiger partial charge is 0.136 e. The van der Waals surface area contributed by atoms with Crippen LogP contribution >= 0.6 is 0 Å². The molecule has 2 aromatic heterocycles. The Morgan fingerprint density at radius 1 is 1.39 bits per heavy atom. The molecule has 3 rings (SSSR count). The highest BCUT2D eigenvalue weighted by Crippen LogP contribution is 2.18. The summed E-state index contributed by atoms with van der Waals surface area (Å²) in [6.45, 7) is 2.21. The fourth-order valence-electron chi connectivity index (χ4n) is 2.82. The topological polar surface area (TPSA) is 55.3 Å². The van der Waals surface area contributed by atoms with Gasteiger partial charge in [0.1, 0.15) is 5.65 Å². The molecule has 96 valence electrons. The molecule has 1 atom stereocenters. The van der Waals surface area contributed by atoms with Crippen molar-refractivity contribution in [2.75, 3.05) is 13.1 Å². The number of fused-ring (bicyclic) bond motifs is 1. The van der Waals surface area contributed by atoms with Gasteiger partial charge in [0.2, 0.25) is 0 Å². The summed E-state index contributed by atoms with van der Waals surface area (Å²) in [6.07, 6.45) is 7.31. The Morgan fingerprint density at radius 3 is 3.06 bits per heavy atom. The van der Waals surface area contributed by atoms with Gasteiger partial charge in [-0.15, -0.1) is 0 Å². The molecule has 0 bridgehead atoms. The van der Waals surface area contributed by atoms with E-state index in [0.29, 0.717) is 5.92 Å². The van der Waals surface area contributed by atoms with Crippen molar-refractivity contribution in [3.05, 3.63) is 36.3 Å². The molecule has 0 spiro atoms. The molecule has 1 aliphatic rings. The van der Waals surface area contributed by atoms with Gasteiger partial charge in [-0.3, -0.25) is 0 Å². The summed E-state index contributed by atoms with van der Waals surface area (Å²) in [5.74, 6) is 0.639. The molecular weight excluding hydrogens is 224 g/mol. The minimum atomic E-state index is 0.243. The Kier molecular flexibility index (Phi) is 3.30. The molecule has 2 aromatic rings. The van der Waals surface area contributed by atoms with Gasteiger partial charge in [-0.1, -0.05) is 6.07 Å². The number of hydrogen-bond donors (Lipinski definition) is 2. The minimum Gasteiger partial charge on any atom is -0.327 e. The van der Waals surface area contributed by atoms with Gasteiger partial charge in [0, 0.05) is 30.6 Å². The van der Waals surface area contributed by atoms with E-state index in [2.05, 4.69) is 20.9 Å². The summed E-state index contributed by atoms with van der Waals surface area (Å²) in [6, 6.07) is 6.32. The van der Waals surface area contributed by atoms with Crippen LogP contribution in [0.1, 0.15) is 18.5 Å². The molecule has 0 aromatic carbocycles. The Morgan fingerprint density at radius 2 is 2.22 bits per heavy atom. The van der Waals surface area contributed by atoms with Crippen molar-refractivity contribution in [3.8, 4) is 0 Å². The van der Waals surface area contributed by atoms with Gasteiger partial charge >= 0.3 is 0 Å². The molecule has 3 N–H and O–H groups in total. The number of imidazole rings is 1. The van der Waals surface area contributed by atoms with E-state index in [1.54, 1.807) is 0 Å². The van der Waals surface area contributed by atoms with Crippen LogP contribution in [-0.2, 0) is 6.42 Å². The fourth-order valence-corrected chi connectivity index (χ4v) is 2.82. The second-order valence-corrected chi connectivity index (χ2v) is 5.13. The maximum atomic E-state index is 6.36. The predicted octanol–water partition coefficient (Wildman–Crippen LogP) is 1.20. The summed E-state index contributed by atoms with van der Waals surface area (Å²) in [7, 11) is 0. The first-order valence-electron chi connectivity index (χ1n) is 6.72. The molecule has 1 unspecified atom stereocenters. The normalized spacial score (nSPS) is 19.2. The molecule has 1 saturated heterocycles. The van der Waals surface area contributed by atoms with Crippen LogP contribution < -0.4 is 11.1 Å². The number of aromatic nitrogens is 2. The van der Waals surface area contributed by atoms with Gasteiger partial charge in [0.15, 0.2) is 0 Å². The molecule has 0 saturated carbocycles. The third kappa shape index (κ3) is 2.26. The van der Waals surface area contributed by atoms with Crippen LogP contribution in [0.25, 0.3) is 5.65 Å². The molecule has 0 amide bonds. The van der Waals surface area contributed by atoms with E-state index in [1.165, 1.54) is 18.5 Å². The fraction of sp³-hybridized carbons (Fsp3) is 0.500. The number of piperidine rings is 1. The van der Waals surface area contributed by atoms with Crippen molar-refractivity contribution in [2.24, 2.45) is 11.7 Å². The zero-order valence-electron chi connectivity index (χ0n) is 10.5. The SMILES string of the molecule is NC(Cc1cnc2ccccn12)C1CCNCC1. The zero-order valence-corrected chi connectivity index (χ0v) is 10.5. The van der Waals surface area contributed by atoms with Gasteiger partial charge in [0.05, 0.1) is 0 Å². The highest BCUT2D eigenvalue weighted by Gasteiger charge is 2.21. The second kappa shape index (κ2) is 5.08. The van der Waals surface area contributed by atoms with E-state index in [0.717, 1.165) is 25.2 Å². The van der Waals surface area contributed by atoms with Gasteiger partial charge in [-0.25, -0.2) is 4.98 Å². The van der Waals surface area contributed by atoms with Crippen molar-refractivity contribution in [2.45, 2.75) is 25.3 Å². The molecular formula is C14H20N4. The van der Waals surface area contributed by atoms with Crippen molar-refractivity contribution in [3.63, 3.8) is 0 Å². The lowest BCUT2D eigenvalue weighted by Crippen LogP contribution is -2.39. The average molecular weight is 244 g/mol. The van der Waals surface area contributed by atoms with Gasteiger partial charge < -0.3 is 15.5 Å². The van der Waals surface area contributed by atoms with Gasteiger partial charge in [0.25, 0.3) is 0 Å². The van der Waals surface area contributed by atoms with E-state index in [-0.39, 0.29) is 6.04 Å². The number of nitrogens with two attached hydrogens (primary N) is 1. The van der Waals surface area contributed by atoms with E-state index in [4.69, 9.17) is 5.73 Å². The first-order valence-corrected chi connectivity index (χ1v) is 6.72. The van der Waals surface area contributed by atoms with Crippen LogP contribution in [0.5, 0.6) is 0 Å². The van der Waals surface area contributed by atoms with E-state index in [9.17, 15) is 0 Å². The Hall–Kier alpha value is -1.39. The molecule has 4 heteroatoms. The van der Waals surface area contributed by atoms with E-state index in [1.807, 2.05) is 24.4 Å². The Balaban J connectivity index is 1.75. The molecule has 1 aliphatic heterocycles. The number of pyridine rings is 1. The summed E-state index contributed by atoms with van der Waals surface area (Å²) in [4.78, 5) is 4.41. The van der Waals surface area contributed by atoms with Gasteiger partial charge in [-0.05, 0) is 44.0 Å². The lowest BCUT2D eigenvalue weighted by Gasteiger charge is -2.27. The monoisotopic (exact) mass is 244 g/mol. The van der Waals surface area contributed by atoms with Crippen LogP contribution in [-0.4, -0.2) is 28.5 Å². The summed E-state index contributed by atoms with van der Waals surface area (Å²) in [5, 5.41) is 3.38. The van der Waals surface area contributed by atoms with Crippen LogP contribution in [0.2, 0.25) is 0 Å². The highest BCUT2D eigenvalue weighted by atomic mass is 15.0.